The summed E-state index contributed by atoms with van der Waals surface area (Å²) in [4.78, 5) is 39.0. The lowest BCUT2D eigenvalue weighted by Gasteiger charge is -2.42. The Morgan fingerprint density at radius 3 is 2.50 bits per heavy atom. The highest BCUT2D eigenvalue weighted by atomic mass is 16.2. The van der Waals surface area contributed by atoms with Crippen LogP contribution in [0.2, 0.25) is 0 Å². The van der Waals surface area contributed by atoms with E-state index >= 15 is 0 Å². The summed E-state index contributed by atoms with van der Waals surface area (Å²) < 4.78 is 0. The number of amidine groups is 2. The Bertz CT molecular complexity index is 770. The molecular weight excluding hydrogens is 328 g/mol. The topological polar surface area (TPSA) is 65.3 Å². The van der Waals surface area contributed by atoms with Gasteiger partial charge in [-0.2, -0.15) is 0 Å². The standard InChI is InChI=1S/C20H28N4O2/c1-6-21-16-12-9(2)10(3)13(12)18(25)23(16)7-11-8-24-17(22-11)14-15(19(24)26)20(14,4)5/h9-15H,6-8H2,1-5H3. The zero-order chi connectivity index (χ0) is 18.5. The van der Waals surface area contributed by atoms with Crippen molar-refractivity contribution < 1.29 is 9.59 Å². The van der Waals surface area contributed by atoms with Crippen molar-refractivity contribution in [3.05, 3.63) is 0 Å². The number of piperidine rings is 1. The molecule has 6 heteroatoms. The van der Waals surface area contributed by atoms with Gasteiger partial charge in [-0.25, -0.2) is 0 Å². The first-order valence-electron chi connectivity index (χ1n) is 10.0. The Balaban J connectivity index is 1.38. The minimum absolute atomic E-state index is 0.0135. The van der Waals surface area contributed by atoms with Crippen LogP contribution < -0.4 is 0 Å². The molecule has 2 amide bonds. The van der Waals surface area contributed by atoms with Crippen LogP contribution in [-0.2, 0) is 9.59 Å². The van der Waals surface area contributed by atoms with Gasteiger partial charge in [0.05, 0.1) is 31.0 Å². The van der Waals surface area contributed by atoms with Crippen LogP contribution in [0, 0.1) is 40.9 Å². The van der Waals surface area contributed by atoms with Gasteiger partial charge < -0.3 is 0 Å². The van der Waals surface area contributed by atoms with E-state index in [1.807, 2.05) is 16.7 Å². The second-order valence-electron chi connectivity index (χ2n) is 9.42. The quantitative estimate of drug-likeness (QED) is 0.772. The van der Waals surface area contributed by atoms with Crippen LogP contribution in [0.25, 0.3) is 0 Å². The first-order chi connectivity index (χ1) is 12.3. The fraction of sp³-hybridized carbons (Fsp3) is 0.800. The van der Waals surface area contributed by atoms with Crippen molar-refractivity contribution >= 4 is 23.5 Å². The predicted molar refractivity (Wildman–Crippen MR) is 98.7 cm³/mol. The Labute approximate surface area is 154 Å². The van der Waals surface area contributed by atoms with E-state index in [2.05, 4.69) is 27.7 Å². The molecule has 3 heterocycles. The number of amides is 2. The third-order valence-corrected chi connectivity index (χ3v) is 7.81. The third-order valence-electron chi connectivity index (χ3n) is 7.81. The summed E-state index contributed by atoms with van der Waals surface area (Å²) in [6.45, 7) is 12.6. The molecule has 0 aromatic heterocycles. The first kappa shape index (κ1) is 16.5. The Morgan fingerprint density at radius 2 is 1.81 bits per heavy atom. The molecule has 2 aliphatic carbocycles. The van der Waals surface area contributed by atoms with Crippen molar-refractivity contribution in [3.63, 3.8) is 0 Å². The normalized spacial score (nSPS) is 46.3. The maximum Gasteiger partial charge on any atom is 0.232 e. The molecular formula is C20H28N4O2. The SMILES string of the molecule is CCN=C1C2C(C)C(C)C2C(=O)N1CC1CN2C(=O)C3C(C2=N1)C3(C)C. The van der Waals surface area contributed by atoms with E-state index in [-0.39, 0.29) is 46.9 Å². The molecule has 0 N–H and O–H groups in total. The Morgan fingerprint density at radius 1 is 1.12 bits per heavy atom. The zero-order valence-corrected chi connectivity index (χ0v) is 16.3. The molecule has 2 saturated carbocycles. The molecule has 3 aliphatic heterocycles. The van der Waals surface area contributed by atoms with E-state index in [0.29, 0.717) is 31.5 Å². The number of carbonyl (C=O) groups is 2. The van der Waals surface area contributed by atoms with Crippen molar-refractivity contribution in [2.24, 2.45) is 50.9 Å². The lowest BCUT2D eigenvalue weighted by molar-refractivity contribution is -0.136. The molecule has 5 aliphatic rings. The van der Waals surface area contributed by atoms with Crippen molar-refractivity contribution in [2.45, 2.75) is 40.7 Å². The van der Waals surface area contributed by atoms with E-state index in [1.54, 1.807) is 0 Å². The average Bonchev–Trinajstić information content (AvgIpc) is 2.90. The van der Waals surface area contributed by atoms with Crippen molar-refractivity contribution in [1.82, 2.24) is 9.80 Å². The van der Waals surface area contributed by atoms with Crippen molar-refractivity contribution in [3.8, 4) is 0 Å². The molecule has 2 saturated heterocycles. The lowest BCUT2D eigenvalue weighted by atomic mass is 9.59. The van der Waals surface area contributed by atoms with Gasteiger partial charge in [-0.3, -0.25) is 29.4 Å². The van der Waals surface area contributed by atoms with E-state index in [4.69, 9.17) is 9.98 Å². The molecule has 6 nitrogen and oxygen atoms in total. The van der Waals surface area contributed by atoms with Crippen LogP contribution in [-0.4, -0.2) is 59.0 Å². The fourth-order valence-corrected chi connectivity index (χ4v) is 6.06. The number of likely N-dealkylation sites (tertiary alicyclic amines) is 1. The molecule has 0 bridgehead atoms. The summed E-state index contributed by atoms with van der Waals surface area (Å²) >= 11 is 0. The number of hydrogen-bond acceptors (Lipinski definition) is 4. The summed E-state index contributed by atoms with van der Waals surface area (Å²) in [5.74, 6) is 4.11. The lowest BCUT2D eigenvalue weighted by Crippen LogP contribution is -2.45. The van der Waals surface area contributed by atoms with Crippen LogP contribution >= 0.6 is 0 Å². The van der Waals surface area contributed by atoms with Gasteiger partial charge >= 0.3 is 0 Å². The van der Waals surface area contributed by atoms with Gasteiger partial charge in [0.25, 0.3) is 0 Å². The van der Waals surface area contributed by atoms with Crippen molar-refractivity contribution in [2.75, 3.05) is 19.6 Å². The van der Waals surface area contributed by atoms with Crippen LogP contribution in [0.15, 0.2) is 9.98 Å². The van der Waals surface area contributed by atoms with Gasteiger partial charge in [-0.15, -0.1) is 0 Å². The highest BCUT2D eigenvalue weighted by Crippen LogP contribution is 2.64. The summed E-state index contributed by atoms with van der Waals surface area (Å²) in [7, 11) is 0. The van der Waals surface area contributed by atoms with Crippen molar-refractivity contribution in [1.29, 1.82) is 0 Å². The number of nitrogens with zero attached hydrogens (tertiary/aromatic N) is 4. The second kappa shape index (κ2) is 4.96. The van der Waals surface area contributed by atoms with Crippen LogP contribution in [0.4, 0.5) is 0 Å². The molecule has 4 fully saturated rings. The number of carbonyl (C=O) groups excluding carboxylic acids is 2. The van der Waals surface area contributed by atoms with Crippen LogP contribution in [0.3, 0.4) is 0 Å². The van der Waals surface area contributed by atoms with Gasteiger partial charge in [-0.05, 0) is 24.2 Å². The largest absolute Gasteiger partial charge is 0.298 e. The molecule has 7 atom stereocenters. The number of rotatable bonds is 3. The molecule has 0 aromatic rings. The maximum absolute atomic E-state index is 13.0. The predicted octanol–water partition coefficient (Wildman–Crippen LogP) is 1.66. The molecule has 140 valence electrons. The third kappa shape index (κ3) is 1.78. The van der Waals surface area contributed by atoms with Gasteiger partial charge in [0.2, 0.25) is 11.8 Å². The monoisotopic (exact) mass is 356 g/mol. The summed E-state index contributed by atoms with van der Waals surface area (Å²) in [5.41, 5.74) is 0.0591. The fourth-order valence-electron chi connectivity index (χ4n) is 6.06. The van der Waals surface area contributed by atoms with Crippen LogP contribution in [0.5, 0.6) is 0 Å². The van der Waals surface area contributed by atoms with Gasteiger partial charge in [0.15, 0.2) is 0 Å². The van der Waals surface area contributed by atoms with E-state index in [0.717, 1.165) is 11.7 Å². The average molecular weight is 356 g/mol. The molecule has 0 spiro atoms. The Hall–Kier alpha value is -1.72. The van der Waals surface area contributed by atoms with Crippen LogP contribution in [0.1, 0.15) is 34.6 Å². The minimum Gasteiger partial charge on any atom is -0.298 e. The Kier molecular flexibility index (Phi) is 3.14. The number of aliphatic imine (C=N–C) groups is 2. The molecule has 26 heavy (non-hydrogen) atoms. The van der Waals surface area contributed by atoms with E-state index in [1.165, 1.54) is 0 Å². The number of fused-ring (bicyclic) bond motifs is 4. The molecule has 5 rings (SSSR count). The maximum atomic E-state index is 13.0. The molecule has 0 aromatic carbocycles. The zero-order valence-electron chi connectivity index (χ0n) is 16.3. The van der Waals surface area contributed by atoms with E-state index < -0.39 is 0 Å². The molecule has 0 radical (unpaired) electrons. The summed E-state index contributed by atoms with van der Waals surface area (Å²) in [5, 5.41) is 0. The summed E-state index contributed by atoms with van der Waals surface area (Å²) in [6.07, 6.45) is 0. The smallest absolute Gasteiger partial charge is 0.232 e. The van der Waals surface area contributed by atoms with Gasteiger partial charge in [-0.1, -0.05) is 27.7 Å². The molecule has 7 unspecified atom stereocenters. The van der Waals surface area contributed by atoms with Gasteiger partial charge in [0, 0.05) is 18.4 Å². The highest BCUT2D eigenvalue weighted by molar-refractivity contribution is 6.14. The minimum atomic E-state index is -0.0135. The van der Waals surface area contributed by atoms with E-state index in [9.17, 15) is 9.59 Å². The second-order valence-corrected chi connectivity index (χ2v) is 9.42. The number of hydrogen-bond donors (Lipinski definition) is 0. The van der Waals surface area contributed by atoms with Gasteiger partial charge in [0.1, 0.15) is 11.7 Å². The first-order valence-corrected chi connectivity index (χ1v) is 10.0. The highest BCUT2D eigenvalue weighted by Gasteiger charge is 2.72. The summed E-state index contributed by atoms with van der Waals surface area (Å²) in [6, 6.07) is -0.0135.